The van der Waals surface area contributed by atoms with Gasteiger partial charge in [0, 0.05) is 28.6 Å². The van der Waals surface area contributed by atoms with E-state index in [1.54, 1.807) is 37.3 Å². The summed E-state index contributed by atoms with van der Waals surface area (Å²) in [5, 5.41) is 22.0. The molecule has 1 aliphatic heterocycles. The Hall–Kier alpha value is -4.99. The van der Waals surface area contributed by atoms with E-state index in [0.717, 1.165) is 19.4 Å². The van der Waals surface area contributed by atoms with Crippen LogP contribution in [0.4, 0.5) is 0 Å². The van der Waals surface area contributed by atoms with Crippen LogP contribution >= 0.6 is 11.6 Å². The number of benzene rings is 2. The number of ketones is 1. The summed E-state index contributed by atoms with van der Waals surface area (Å²) in [6.45, 7) is 1.96. The fourth-order valence-corrected chi connectivity index (χ4v) is 5.90. The number of carbonyl (C=O) groups is 4. The van der Waals surface area contributed by atoms with Crippen LogP contribution < -0.4 is 15.6 Å². The molecule has 1 aromatic heterocycles. The molecule has 48 heavy (non-hydrogen) atoms. The Balaban J connectivity index is 1.42. The number of rotatable bonds is 13. The number of methoxy groups -OCH3 is 1. The number of ether oxygens (including phenoxy) is 2. The van der Waals surface area contributed by atoms with Crippen molar-refractivity contribution in [2.75, 3.05) is 27.3 Å². The van der Waals surface area contributed by atoms with Crippen molar-refractivity contribution in [3.63, 3.8) is 0 Å². The van der Waals surface area contributed by atoms with E-state index in [2.05, 4.69) is 11.4 Å². The summed E-state index contributed by atoms with van der Waals surface area (Å²) in [4.78, 5) is 65.7. The van der Waals surface area contributed by atoms with Crippen LogP contribution in [0.15, 0.2) is 59.5 Å². The van der Waals surface area contributed by atoms with E-state index < -0.39 is 48.1 Å². The molecule has 3 atom stereocenters. The third-order valence-electron chi connectivity index (χ3n) is 8.39. The van der Waals surface area contributed by atoms with Gasteiger partial charge in [-0.2, -0.15) is 5.26 Å². The number of amides is 1. The Morgan fingerprint density at radius 1 is 1.10 bits per heavy atom. The fourth-order valence-electron chi connectivity index (χ4n) is 5.73. The lowest BCUT2D eigenvalue weighted by Crippen LogP contribution is -2.53. The number of hydrogen-bond donors (Lipinski definition) is 2. The molecule has 252 valence electrons. The number of nitrogens with zero attached hydrogens (tertiary/aromatic N) is 3. The number of nitriles is 1. The molecular formula is C35H37ClN4O8. The zero-order chi connectivity index (χ0) is 35.0. The number of aromatic nitrogens is 1. The lowest BCUT2D eigenvalue weighted by molar-refractivity contribution is -0.144. The molecule has 1 aliphatic rings. The van der Waals surface area contributed by atoms with Crippen molar-refractivity contribution < 1.29 is 33.8 Å². The van der Waals surface area contributed by atoms with Crippen LogP contribution in [-0.2, 0) is 25.5 Å². The first-order valence-electron chi connectivity index (χ1n) is 15.5. The number of pyridine rings is 1. The van der Waals surface area contributed by atoms with Crippen molar-refractivity contribution in [2.24, 2.45) is 0 Å². The first-order valence-corrected chi connectivity index (χ1v) is 15.9. The maximum absolute atomic E-state index is 13.4. The van der Waals surface area contributed by atoms with Gasteiger partial charge in [-0.05, 0) is 68.8 Å². The summed E-state index contributed by atoms with van der Waals surface area (Å²) < 4.78 is 12.1. The number of Topliss-reactive ketones (excluding diaryl/α,β-unsaturated/α-hetero) is 1. The van der Waals surface area contributed by atoms with Crippen LogP contribution in [0.1, 0.15) is 60.1 Å². The minimum absolute atomic E-state index is 0.0417. The number of likely N-dealkylation sites (N-methyl/N-ethyl adjacent to an activating group) is 1. The molecule has 0 bridgehead atoms. The molecule has 2 aromatic carbocycles. The lowest BCUT2D eigenvalue weighted by Gasteiger charge is -2.32. The van der Waals surface area contributed by atoms with Crippen LogP contribution in [0.2, 0.25) is 5.02 Å². The number of halogens is 1. The van der Waals surface area contributed by atoms with Gasteiger partial charge in [0.2, 0.25) is 5.91 Å². The van der Waals surface area contributed by atoms with Crippen molar-refractivity contribution in [1.82, 2.24) is 14.8 Å². The average molecular weight is 677 g/mol. The molecule has 2 N–H and O–H groups in total. The zero-order valence-electron chi connectivity index (χ0n) is 26.9. The van der Waals surface area contributed by atoms with Crippen molar-refractivity contribution in [3.05, 3.63) is 86.8 Å². The Labute approximate surface area is 282 Å². The first-order chi connectivity index (χ1) is 23.0. The molecule has 2 heterocycles. The number of hydrogen-bond acceptors (Lipinski definition) is 9. The molecule has 1 saturated heterocycles. The van der Waals surface area contributed by atoms with Crippen molar-refractivity contribution >= 4 is 35.2 Å². The molecule has 12 nitrogen and oxygen atoms in total. The number of esters is 1. The third-order valence-corrected chi connectivity index (χ3v) is 8.62. The third kappa shape index (κ3) is 8.48. The summed E-state index contributed by atoms with van der Waals surface area (Å²) in [7, 11) is 3.23. The molecule has 4 rings (SSSR count). The Kier molecular flexibility index (Phi) is 12.1. The number of nitrogens with one attached hydrogen (secondary N) is 1. The predicted octanol–water partition coefficient (Wildman–Crippen LogP) is 4.02. The topological polar surface area (TPSA) is 168 Å². The smallest absolute Gasteiger partial charge is 0.338 e. The summed E-state index contributed by atoms with van der Waals surface area (Å²) in [6.07, 6.45) is 4.17. The monoisotopic (exact) mass is 676 g/mol. The Morgan fingerprint density at radius 2 is 1.83 bits per heavy atom. The summed E-state index contributed by atoms with van der Waals surface area (Å²) in [5.41, 5.74) is 1.36. The van der Waals surface area contributed by atoms with Crippen LogP contribution in [0, 0.1) is 11.3 Å². The van der Waals surface area contributed by atoms with Crippen molar-refractivity contribution in [2.45, 2.75) is 57.2 Å². The first kappa shape index (κ1) is 35.9. The molecule has 2 unspecified atom stereocenters. The number of carboxylic acids is 1. The van der Waals surface area contributed by atoms with Gasteiger partial charge in [-0.1, -0.05) is 37.1 Å². The molecule has 1 amide bonds. The number of likely N-dealkylation sites (tertiary alicyclic amines) is 1. The van der Waals surface area contributed by atoms with Gasteiger partial charge < -0.3 is 24.5 Å². The van der Waals surface area contributed by atoms with Gasteiger partial charge in [-0.25, -0.2) is 9.59 Å². The highest BCUT2D eigenvalue weighted by Crippen LogP contribution is 2.33. The SMILES string of the molecule is CCC(C(=O)Cc1ccc(C(=O)OC[C@H](NC(=O)C2CCCCN2C)C(=O)O)cc1)n1cc(OC)c(-c2cc(Cl)ccc2C#N)cc1=O. The van der Waals surface area contributed by atoms with Gasteiger partial charge in [0.15, 0.2) is 11.8 Å². The average Bonchev–Trinajstić information content (AvgIpc) is 3.07. The molecule has 3 aromatic rings. The standard InChI is InChI=1S/C35H37ClN4O8/c1-4-28(40-19-31(47-3)26(17-32(40)42)25-16-24(36)13-12-23(25)18-37)30(41)15-21-8-10-22(11-9-21)35(46)48-20-27(34(44)45)38-33(43)29-7-5-6-14-39(29)2/h8-13,16-17,19,27-29H,4-7,14-15,20H2,1-3H3,(H,38,43)(H,44,45)/t27-,28?,29?/m0/s1. The summed E-state index contributed by atoms with van der Waals surface area (Å²) in [5.74, 6) is -2.50. The van der Waals surface area contributed by atoms with Crippen LogP contribution in [0.25, 0.3) is 11.1 Å². The van der Waals surface area contributed by atoms with Gasteiger partial charge in [0.05, 0.1) is 42.6 Å². The molecule has 0 aliphatic carbocycles. The van der Waals surface area contributed by atoms with Gasteiger partial charge in [-0.3, -0.25) is 19.3 Å². The number of carbonyl (C=O) groups excluding carboxylic acids is 3. The second kappa shape index (κ2) is 16.2. The lowest BCUT2D eigenvalue weighted by atomic mass is 9.98. The number of carboxylic acid groups (broad SMARTS) is 1. The molecule has 0 radical (unpaired) electrons. The molecule has 13 heteroatoms. The number of piperidine rings is 1. The van der Waals surface area contributed by atoms with Gasteiger partial charge in [0.25, 0.3) is 5.56 Å². The molecular weight excluding hydrogens is 640 g/mol. The minimum Gasteiger partial charge on any atom is -0.495 e. The largest absolute Gasteiger partial charge is 0.495 e. The summed E-state index contributed by atoms with van der Waals surface area (Å²) >= 11 is 6.15. The molecule has 0 saturated carbocycles. The minimum atomic E-state index is -1.41. The van der Waals surface area contributed by atoms with Crippen molar-refractivity contribution in [1.29, 1.82) is 5.26 Å². The summed E-state index contributed by atoms with van der Waals surface area (Å²) in [6, 6.07) is 11.5. The zero-order valence-corrected chi connectivity index (χ0v) is 27.7. The second-order valence-corrected chi connectivity index (χ2v) is 12.0. The van der Waals surface area contributed by atoms with Crippen LogP contribution in [-0.4, -0.2) is 77.6 Å². The second-order valence-electron chi connectivity index (χ2n) is 11.6. The Bertz CT molecular complexity index is 1780. The van der Waals surface area contributed by atoms with Crippen LogP contribution in [0.5, 0.6) is 5.75 Å². The molecule has 0 spiro atoms. The molecule has 1 fully saturated rings. The fraction of sp³-hybridized carbons (Fsp3) is 0.371. The highest BCUT2D eigenvalue weighted by atomic mass is 35.5. The quantitative estimate of drug-likeness (QED) is 0.252. The van der Waals surface area contributed by atoms with Gasteiger partial charge in [0.1, 0.15) is 12.4 Å². The maximum Gasteiger partial charge on any atom is 0.338 e. The van der Waals surface area contributed by atoms with E-state index in [-0.39, 0.29) is 23.5 Å². The number of aliphatic carboxylic acids is 1. The normalized spacial score (nSPS) is 15.9. The predicted molar refractivity (Wildman–Crippen MR) is 177 cm³/mol. The van der Waals surface area contributed by atoms with Gasteiger partial charge in [-0.15, -0.1) is 0 Å². The van der Waals surface area contributed by atoms with E-state index >= 15 is 0 Å². The van der Waals surface area contributed by atoms with E-state index in [1.807, 2.05) is 11.9 Å². The van der Waals surface area contributed by atoms with Crippen LogP contribution in [0.3, 0.4) is 0 Å². The van der Waals surface area contributed by atoms with E-state index in [4.69, 9.17) is 21.1 Å². The maximum atomic E-state index is 13.4. The van der Waals surface area contributed by atoms with E-state index in [0.29, 0.717) is 40.1 Å². The van der Waals surface area contributed by atoms with Crippen molar-refractivity contribution in [3.8, 4) is 22.9 Å². The van der Waals surface area contributed by atoms with E-state index in [1.165, 1.54) is 36.1 Å². The van der Waals surface area contributed by atoms with E-state index in [9.17, 15) is 34.3 Å². The van der Waals surface area contributed by atoms with Gasteiger partial charge >= 0.3 is 11.9 Å². The highest BCUT2D eigenvalue weighted by molar-refractivity contribution is 6.31. The Morgan fingerprint density at radius 3 is 2.46 bits per heavy atom. The highest BCUT2D eigenvalue weighted by Gasteiger charge is 2.30.